The average molecular weight is 451 g/mol. The van der Waals surface area contributed by atoms with Crippen LogP contribution >= 0.6 is 0 Å². The highest BCUT2D eigenvalue weighted by Crippen LogP contribution is 2.20. The minimum Gasteiger partial charge on any atom is -0.492 e. The molecule has 0 unspecified atom stereocenters. The molecule has 2 aromatic rings. The third-order valence-electron chi connectivity index (χ3n) is 6.39. The monoisotopic (exact) mass is 450 g/mol. The molecule has 0 bridgehead atoms. The van der Waals surface area contributed by atoms with Crippen LogP contribution in [0.5, 0.6) is 5.75 Å². The Bertz CT molecular complexity index is 907. The first-order valence-corrected chi connectivity index (χ1v) is 12.0. The van der Waals surface area contributed by atoms with E-state index in [0.717, 1.165) is 64.2 Å². The molecule has 2 aliphatic rings. The molecular weight excluding hydrogens is 416 g/mol. The standard InChI is InChI=1S/C26H34N4O3/c31-25(28-24-13-7-6-12-23(24)26(32)27-21-8-4-5-9-21)20-30-16-14-29(15-17-30)18-19-33-22-10-2-1-3-11-22/h1-3,6-7,10-13,21H,4-5,8-9,14-20H2,(H,27,32)(H,28,31). The van der Waals surface area contributed by atoms with Gasteiger partial charge in [0, 0.05) is 38.8 Å². The van der Waals surface area contributed by atoms with Gasteiger partial charge in [-0.3, -0.25) is 19.4 Å². The Morgan fingerprint density at radius 3 is 2.30 bits per heavy atom. The topological polar surface area (TPSA) is 73.9 Å². The second kappa shape index (κ2) is 11.8. The summed E-state index contributed by atoms with van der Waals surface area (Å²) >= 11 is 0. The van der Waals surface area contributed by atoms with Crippen LogP contribution in [0.25, 0.3) is 0 Å². The predicted molar refractivity (Wildman–Crippen MR) is 130 cm³/mol. The summed E-state index contributed by atoms with van der Waals surface area (Å²) in [4.78, 5) is 29.9. The lowest BCUT2D eigenvalue weighted by Gasteiger charge is -2.34. The maximum Gasteiger partial charge on any atom is 0.253 e. The van der Waals surface area contributed by atoms with Crippen LogP contribution in [0.3, 0.4) is 0 Å². The molecule has 176 valence electrons. The number of para-hydroxylation sites is 2. The van der Waals surface area contributed by atoms with E-state index in [1.54, 1.807) is 12.1 Å². The van der Waals surface area contributed by atoms with Gasteiger partial charge in [0.25, 0.3) is 5.91 Å². The van der Waals surface area contributed by atoms with Gasteiger partial charge in [-0.1, -0.05) is 43.2 Å². The number of nitrogens with one attached hydrogen (secondary N) is 2. The van der Waals surface area contributed by atoms with Gasteiger partial charge in [-0.25, -0.2) is 0 Å². The quantitative estimate of drug-likeness (QED) is 0.615. The Labute approximate surface area is 196 Å². The number of benzene rings is 2. The van der Waals surface area contributed by atoms with Crippen molar-refractivity contribution in [1.29, 1.82) is 0 Å². The Balaban J connectivity index is 1.19. The molecule has 2 amide bonds. The van der Waals surface area contributed by atoms with E-state index in [1.807, 2.05) is 42.5 Å². The van der Waals surface area contributed by atoms with E-state index in [-0.39, 0.29) is 17.9 Å². The maximum absolute atomic E-state index is 12.7. The van der Waals surface area contributed by atoms with Crippen molar-refractivity contribution in [1.82, 2.24) is 15.1 Å². The summed E-state index contributed by atoms with van der Waals surface area (Å²) in [5, 5.41) is 6.06. The molecule has 2 N–H and O–H groups in total. The third kappa shape index (κ3) is 7.04. The van der Waals surface area contributed by atoms with Crippen molar-refractivity contribution >= 4 is 17.5 Å². The maximum atomic E-state index is 12.7. The molecule has 0 radical (unpaired) electrons. The SMILES string of the molecule is O=C(CN1CCN(CCOc2ccccc2)CC1)Nc1ccccc1C(=O)NC1CCCC1. The fraction of sp³-hybridized carbons (Fsp3) is 0.462. The van der Waals surface area contributed by atoms with Crippen molar-refractivity contribution in [3.63, 3.8) is 0 Å². The summed E-state index contributed by atoms with van der Waals surface area (Å²) in [5.74, 6) is 0.700. The van der Waals surface area contributed by atoms with Crippen LogP contribution in [0.4, 0.5) is 5.69 Å². The highest BCUT2D eigenvalue weighted by atomic mass is 16.5. The highest BCUT2D eigenvalue weighted by molar-refractivity contribution is 6.04. The first-order chi connectivity index (χ1) is 16.2. The molecule has 1 saturated carbocycles. The van der Waals surface area contributed by atoms with E-state index in [1.165, 1.54) is 0 Å². The minimum absolute atomic E-state index is 0.0861. The first-order valence-electron chi connectivity index (χ1n) is 12.0. The normalized spacial score (nSPS) is 17.6. The van der Waals surface area contributed by atoms with Gasteiger partial charge in [-0.05, 0) is 37.1 Å². The van der Waals surface area contributed by atoms with E-state index in [0.29, 0.717) is 24.4 Å². The van der Waals surface area contributed by atoms with Gasteiger partial charge in [0.1, 0.15) is 12.4 Å². The van der Waals surface area contributed by atoms with Crippen molar-refractivity contribution in [3.8, 4) is 5.75 Å². The number of amides is 2. The molecule has 4 rings (SSSR count). The fourth-order valence-electron chi connectivity index (χ4n) is 4.50. The van der Waals surface area contributed by atoms with Gasteiger partial charge >= 0.3 is 0 Å². The lowest BCUT2D eigenvalue weighted by Crippen LogP contribution is -2.49. The number of hydrogen-bond donors (Lipinski definition) is 2. The molecule has 1 saturated heterocycles. The number of nitrogens with zero attached hydrogens (tertiary/aromatic N) is 2. The third-order valence-corrected chi connectivity index (χ3v) is 6.39. The van der Waals surface area contributed by atoms with Gasteiger partial charge in [-0.15, -0.1) is 0 Å². The summed E-state index contributed by atoms with van der Waals surface area (Å²) < 4.78 is 5.79. The summed E-state index contributed by atoms with van der Waals surface area (Å²) in [6.45, 7) is 5.35. The predicted octanol–water partition coefficient (Wildman–Crippen LogP) is 2.99. The van der Waals surface area contributed by atoms with Crippen LogP contribution in [-0.4, -0.2) is 73.5 Å². The Hall–Kier alpha value is -2.90. The molecule has 2 fully saturated rings. The van der Waals surface area contributed by atoms with Gasteiger partial charge in [0.2, 0.25) is 5.91 Å². The molecule has 7 nitrogen and oxygen atoms in total. The van der Waals surface area contributed by atoms with Crippen molar-refractivity contribution in [2.45, 2.75) is 31.7 Å². The van der Waals surface area contributed by atoms with Crippen molar-refractivity contribution in [2.75, 3.05) is 51.2 Å². The average Bonchev–Trinajstić information content (AvgIpc) is 3.34. The number of piperazine rings is 1. The number of anilines is 1. The number of hydrogen-bond acceptors (Lipinski definition) is 5. The van der Waals surface area contributed by atoms with Crippen molar-refractivity contribution < 1.29 is 14.3 Å². The van der Waals surface area contributed by atoms with E-state index in [4.69, 9.17) is 4.74 Å². The highest BCUT2D eigenvalue weighted by Gasteiger charge is 2.22. The van der Waals surface area contributed by atoms with Gasteiger partial charge in [0.05, 0.1) is 17.8 Å². The van der Waals surface area contributed by atoms with Crippen LogP contribution in [0, 0.1) is 0 Å². The molecule has 7 heteroatoms. The summed E-state index contributed by atoms with van der Waals surface area (Å²) in [7, 11) is 0. The molecule has 0 aromatic heterocycles. The second-order valence-electron chi connectivity index (χ2n) is 8.83. The summed E-state index contributed by atoms with van der Waals surface area (Å²) in [5.41, 5.74) is 1.11. The van der Waals surface area contributed by atoms with Crippen LogP contribution in [-0.2, 0) is 4.79 Å². The van der Waals surface area contributed by atoms with Crippen molar-refractivity contribution in [2.24, 2.45) is 0 Å². The second-order valence-corrected chi connectivity index (χ2v) is 8.83. The minimum atomic E-state index is -0.107. The molecule has 0 spiro atoms. The van der Waals surface area contributed by atoms with Crippen LogP contribution in [0.1, 0.15) is 36.0 Å². The van der Waals surface area contributed by atoms with Crippen LogP contribution < -0.4 is 15.4 Å². The number of carbonyl (C=O) groups is 2. The zero-order chi connectivity index (χ0) is 22.9. The van der Waals surface area contributed by atoms with Crippen molar-refractivity contribution in [3.05, 3.63) is 60.2 Å². The first kappa shape index (κ1) is 23.3. The Kier molecular flexibility index (Phi) is 8.33. The largest absolute Gasteiger partial charge is 0.492 e. The van der Waals surface area contributed by atoms with Gasteiger partial charge in [-0.2, -0.15) is 0 Å². The molecule has 1 aliphatic heterocycles. The number of ether oxygens (including phenoxy) is 1. The summed E-state index contributed by atoms with van der Waals surface area (Å²) in [6.07, 6.45) is 4.39. The Morgan fingerprint density at radius 1 is 0.879 bits per heavy atom. The molecule has 33 heavy (non-hydrogen) atoms. The molecule has 1 aliphatic carbocycles. The van der Waals surface area contributed by atoms with E-state index >= 15 is 0 Å². The van der Waals surface area contributed by atoms with Crippen LogP contribution in [0.2, 0.25) is 0 Å². The summed E-state index contributed by atoms with van der Waals surface area (Å²) in [6, 6.07) is 17.3. The lowest BCUT2D eigenvalue weighted by molar-refractivity contribution is -0.117. The van der Waals surface area contributed by atoms with Crippen LogP contribution in [0.15, 0.2) is 54.6 Å². The van der Waals surface area contributed by atoms with E-state index in [2.05, 4.69) is 20.4 Å². The number of rotatable bonds is 9. The van der Waals surface area contributed by atoms with Gasteiger partial charge < -0.3 is 15.4 Å². The smallest absolute Gasteiger partial charge is 0.253 e. The molecule has 2 aromatic carbocycles. The molecule has 1 heterocycles. The lowest BCUT2D eigenvalue weighted by atomic mass is 10.1. The zero-order valence-electron chi connectivity index (χ0n) is 19.2. The van der Waals surface area contributed by atoms with Gasteiger partial charge in [0.15, 0.2) is 0 Å². The number of carbonyl (C=O) groups excluding carboxylic acids is 2. The zero-order valence-corrected chi connectivity index (χ0v) is 19.2. The Morgan fingerprint density at radius 2 is 1.55 bits per heavy atom. The van der Waals surface area contributed by atoms with E-state index < -0.39 is 0 Å². The fourth-order valence-corrected chi connectivity index (χ4v) is 4.50. The molecular formula is C26H34N4O3. The van der Waals surface area contributed by atoms with E-state index in [9.17, 15) is 9.59 Å². The molecule has 0 atom stereocenters.